The third-order valence-corrected chi connectivity index (χ3v) is 10.3. The van der Waals surface area contributed by atoms with E-state index < -0.39 is 24.2 Å². The third kappa shape index (κ3) is 4.22. The molecule has 0 saturated carbocycles. The number of rotatable bonds is 3. The van der Waals surface area contributed by atoms with Crippen LogP contribution < -0.4 is 0 Å². The van der Waals surface area contributed by atoms with Gasteiger partial charge in [0.05, 0.1) is 11.0 Å². The SMILES string of the molecule is [2H]c1c([2H])c([2H])c2c(-c3cccc4cc(-c5cccc6oc7ccc8ccccc8c7c56)ccc34)c3c([2H])c([2H])c([2H])c([2H])c3c(-c3ccc4ccccc4c3)c2c1[2H]. The standard InChI is InChI=1S/C50H30O/c1-2-13-33-29-36(24-23-31(33)11-1)47-41-16-5-7-18-43(41)48(44-19-8-6-17-42(44)47)40-21-9-14-34-30-35(25-27-37(34)40)39-20-10-22-45-50(39)49-38-15-4-3-12-32(38)26-28-46(49)51-45/h1-30H/i5D,6D,7D,8D,16D,17D,18D,19D. The van der Waals surface area contributed by atoms with Gasteiger partial charge in [0.2, 0.25) is 0 Å². The van der Waals surface area contributed by atoms with E-state index in [9.17, 15) is 5.48 Å². The number of hydrogen-bond donors (Lipinski definition) is 0. The molecule has 0 atom stereocenters. The molecule has 1 heterocycles. The maximum absolute atomic E-state index is 9.45. The van der Waals surface area contributed by atoms with E-state index in [4.69, 9.17) is 9.90 Å². The molecule has 0 bridgehead atoms. The Kier molecular flexibility index (Phi) is 4.57. The van der Waals surface area contributed by atoms with Gasteiger partial charge in [-0.15, -0.1) is 0 Å². The van der Waals surface area contributed by atoms with Gasteiger partial charge in [-0.1, -0.05) is 158 Å². The van der Waals surface area contributed by atoms with Gasteiger partial charge >= 0.3 is 0 Å². The Hall–Kier alpha value is -6.70. The van der Waals surface area contributed by atoms with Crippen molar-refractivity contribution in [2.75, 3.05) is 0 Å². The molecule has 0 unspecified atom stereocenters. The average molecular weight is 655 g/mol. The predicted octanol–water partition coefficient (Wildman–Crippen LogP) is 14.4. The molecule has 0 aliphatic rings. The summed E-state index contributed by atoms with van der Waals surface area (Å²) < 4.78 is 79.5. The topological polar surface area (TPSA) is 13.1 Å². The Bertz CT molecular complexity index is 3580. The summed E-state index contributed by atoms with van der Waals surface area (Å²) in [7, 11) is 0. The van der Waals surface area contributed by atoms with E-state index >= 15 is 0 Å². The molecule has 0 fully saturated rings. The van der Waals surface area contributed by atoms with Crippen LogP contribution >= 0.6 is 0 Å². The van der Waals surface area contributed by atoms with E-state index in [-0.39, 0.29) is 45.7 Å². The van der Waals surface area contributed by atoms with Crippen molar-refractivity contribution in [3.05, 3.63) is 182 Å². The summed E-state index contributed by atoms with van der Waals surface area (Å²) in [6, 6.07) is 40.9. The second-order valence-electron chi connectivity index (χ2n) is 13.0. The highest BCUT2D eigenvalue weighted by molar-refractivity contribution is 6.25. The van der Waals surface area contributed by atoms with Crippen LogP contribution in [-0.4, -0.2) is 0 Å². The van der Waals surface area contributed by atoms with Crippen LogP contribution in [0.4, 0.5) is 0 Å². The fraction of sp³-hybridized carbons (Fsp3) is 0. The van der Waals surface area contributed by atoms with Gasteiger partial charge in [-0.25, -0.2) is 0 Å². The largest absolute Gasteiger partial charge is 0.456 e. The zero-order valence-electron chi connectivity index (χ0n) is 35.1. The normalized spacial score (nSPS) is 14.1. The lowest BCUT2D eigenvalue weighted by molar-refractivity contribution is 0.669. The minimum absolute atomic E-state index is 0.190. The molecular formula is C50H30O. The van der Waals surface area contributed by atoms with Crippen molar-refractivity contribution in [2.45, 2.75) is 0 Å². The molecule has 0 spiro atoms. The van der Waals surface area contributed by atoms with Crippen molar-refractivity contribution >= 4 is 75.8 Å². The summed E-state index contributed by atoms with van der Waals surface area (Å²) in [6.07, 6.45) is 0. The highest BCUT2D eigenvalue weighted by atomic mass is 16.3. The molecular weight excluding hydrogens is 617 g/mol. The minimum atomic E-state index is -0.427. The summed E-state index contributed by atoms with van der Waals surface area (Å²) in [5, 5.41) is 8.46. The molecule has 0 aliphatic carbocycles. The second kappa shape index (κ2) is 10.9. The molecule has 0 saturated heterocycles. The highest BCUT2D eigenvalue weighted by Crippen LogP contribution is 2.46. The first-order chi connectivity index (χ1) is 28.6. The van der Waals surface area contributed by atoms with Gasteiger partial charge in [0.25, 0.3) is 0 Å². The maximum atomic E-state index is 9.45. The Morgan fingerprint density at radius 3 is 1.75 bits per heavy atom. The van der Waals surface area contributed by atoms with Gasteiger partial charge in [0.15, 0.2) is 0 Å². The Morgan fingerprint density at radius 2 is 0.941 bits per heavy atom. The third-order valence-electron chi connectivity index (χ3n) is 10.3. The van der Waals surface area contributed by atoms with Crippen LogP contribution in [0.2, 0.25) is 0 Å². The fourth-order valence-electron chi connectivity index (χ4n) is 8.02. The van der Waals surface area contributed by atoms with Crippen molar-refractivity contribution in [2.24, 2.45) is 0 Å². The van der Waals surface area contributed by atoms with Crippen LogP contribution in [0.25, 0.3) is 109 Å². The van der Waals surface area contributed by atoms with E-state index in [1.54, 1.807) is 0 Å². The molecule has 0 amide bonds. The predicted molar refractivity (Wildman–Crippen MR) is 218 cm³/mol. The Balaban J connectivity index is 1.26. The fourth-order valence-corrected chi connectivity index (χ4v) is 8.02. The number of hydrogen-bond acceptors (Lipinski definition) is 1. The second-order valence-corrected chi connectivity index (χ2v) is 13.0. The summed E-state index contributed by atoms with van der Waals surface area (Å²) in [4.78, 5) is 0. The van der Waals surface area contributed by atoms with Crippen molar-refractivity contribution in [3.8, 4) is 33.4 Å². The van der Waals surface area contributed by atoms with Gasteiger partial charge in [-0.3, -0.25) is 0 Å². The van der Waals surface area contributed by atoms with E-state index in [1.807, 2.05) is 103 Å². The number of fused-ring (bicyclic) bond motifs is 9. The quantitative estimate of drug-likeness (QED) is 0.173. The first-order valence-electron chi connectivity index (χ1n) is 20.9. The number of furan rings is 1. The molecule has 1 nitrogen and oxygen atoms in total. The Morgan fingerprint density at radius 1 is 0.353 bits per heavy atom. The van der Waals surface area contributed by atoms with Gasteiger partial charge in [-0.05, 0) is 112 Å². The van der Waals surface area contributed by atoms with E-state index in [0.717, 1.165) is 65.4 Å². The zero-order valence-corrected chi connectivity index (χ0v) is 27.1. The van der Waals surface area contributed by atoms with Crippen LogP contribution in [0.5, 0.6) is 0 Å². The molecule has 11 rings (SSSR count). The van der Waals surface area contributed by atoms with Crippen LogP contribution in [-0.2, 0) is 0 Å². The summed E-state index contributed by atoms with van der Waals surface area (Å²) >= 11 is 0. The smallest absolute Gasteiger partial charge is 0.136 e. The molecule has 0 aliphatic heterocycles. The van der Waals surface area contributed by atoms with E-state index in [2.05, 4.69) is 30.3 Å². The lowest BCUT2D eigenvalue weighted by atomic mass is 9.84. The van der Waals surface area contributed by atoms with Gasteiger partial charge in [-0.2, -0.15) is 0 Å². The maximum Gasteiger partial charge on any atom is 0.136 e. The van der Waals surface area contributed by atoms with Crippen molar-refractivity contribution in [1.82, 2.24) is 0 Å². The number of benzene rings is 10. The lowest BCUT2D eigenvalue weighted by Crippen LogP contribution is -1.92. The molecule has 11 aromatic rings. The van der Waals surface area contributed by atoms with Crippen molar-refractivity contribution in [3.63, 3.8) is 0 Å². The summed E-state index contributed by atoms with van der Waals surface area (Å²) in [5.41, 5.74) is 5.33. The van der Waals surface area contributed by atoms with E-state index in [0.29, 0.717) is 22.3 Å². The molecule has 0 N–H and O–H groups in total. The lowest BCUT2D eigenvalue weighted by Gasteiger charge is -2.19. The van der Waals surface area contributed by atoms with Gasteiger partial charge in [0.1, 0.15) is 11.2 Å². The first-order valence-corrected chi connectivity index (χ1v) is 16.9. The van der Waals surface area contributed by atoms with Gasteiger partial charge < -0.3 is 4.42 Å². The molecule has 10 aromatic carbocycles. The summed E-state index contributed by atoms with van der Waals surface area (Å²) in [6.45, 7) is 0. The van der Waals surface area contributed by atoms with Crippen LogP contribution in [0.3, 0.4) is 0 Å². The Labute approximate surface area is 305 Å². The highest BCUT2D eigenvalue weighted by Gasteiger charge is 2.19. The van der Waals surface area contributed by atoms with E-state index in [1.165, 1.54) is 0 Å². The monoisotopic (exact) mass is 654 g/mol. The van der Waals surface area contributed by atoms with Gasteiger partial charge in [0, 0.05) is 10.8 Å². The van der Waals surface area contributed by atoms with Crippen molar-refractivity contribution < 1.29 is 15.4 Å². The summed E-state index contributed by atoms with van der Waals surface area (Å²) in [5.74, 6) is 0. The molecule has 236 valence electrons. The van der Waals surface area contributed by atoms with Crippen LogP contribution in [0.15, 0.2) is 186 Å². The molecule has 1 heteroatoms. The van der Waals surface area contributed by atoms with Crippen LogP contribution in [0.1, 0.15) is 11.0 Å². The molecule has 0 radical (unpaired) electrons. The van der Waals surface area contributed by atoms with Crippen LogP contribution in [0, 0.1) is 0 Å². The molecule has 51 heavy (non-hydrogen) atoms. The van der Waals surface area contributed by atoms with Crippen molar-refractivity contribution in [1.29, 1.82) is 0 Å². The first kappa shape index (κ1) is 21.4. The average Bonchev–Trinajstić information content (AvgIpc) is 3.67. The molecule has 1 aromatic heterocycles. The zero-order chi connectivity index (χ0) is 40.4. The minimum Gasteiger partial charge on any atom is -0.456 e.